The summed E-state index contributed by atoms with van der Waals surface area (Å²) in [6, 6.07) is 0.742. The minimum Gasteiger partial charge on any atom is -0.480 e. The van der Waals surface area contributed by atoms with E-state index in [9.17, 15) is 48.6 Å². The van der Waals surface area contributed by atoms with Crippen molar-refractivity contribution in [2.45, 2.75) is 82.4 Å². The summed E-state index contributed by atoms with van der Waals surface area (Å²) >= 11 is 0. The van der Waals surface area contributed by atoms with Crippen LogP contribution in [-0.4, -0.2) is 137 Å². The van der Waals surface area contributed by atoms with E-state index in [-0.39, 0.29) is 31.8 Å². The second-order valence-electron chi connectivity index (χ2n) is 12.1. The number of benzene rings is 1. The summed E-state index contributed by atoms with van der Waals surface area (Å²) in [7, 11) is 0. The molecule has 7 atom stereocenters. The highest BCUT2D eigenvalue weighted by Crippen LogP contribution is 2.04. The summed E-state index contributed by atoms with van der Waals surface area (Å²) in [5, 5.41) is 45.0. The van der Waals surface area contributed by atoms with Gasteiger partial charge >= 0.3 is 5.97 Å². The number of nitrogens with one attached hydrogen (secondary N) is 7. The monoisotopic (exact) mass is 765 g/mol. The van der Waals surface area contributed by atoms with Gasteiger partial charge in [0.1, 0.15) is 30.2 Å². The van der Waals surface area contributed by atoms with Crippen LogP contribution in [-0.2, 0) is 44.8 Å². The minimum atomic E-state index is -1.73. The average molecular weight is 766 g/mol. The van der Waals surface area contributed by atoms with Crippen LogP contribution in [0.5, 0.6) is 0 Å². The summed E-state index contributed by atoms with van der Waals surface area (Å²) in [6.45, 7) is 1.52. The Balaban J connectivity index is 2.83. The molecular formula is C32H51N11O11. The highest BCUT2D eigenvalue weighted by atomic mass is 16.4. The molecule has 1 rings (SSSR count). The lowest BCUT2D eigenvalue weighted by atomic mass is 10.1. The lowest BCUT2D eigenvalue weighted by Gasteiger charge is -2.26. The number of nitrogens with zero attached hydrogens (tertiary/aromatic N) is 1. The number of carbonyl (C=O) groups is 8. The van der Waals surface area contributed by atoms with Gasteiger partial charge in [-0.3, -0.25) is 43.3 Å². The third-order valence-corrected chi connectivity index (χ3v) is 7.46. The first-order chi connectivity index (χ1) is 25.4. The van der Waals surface area contributed by atoms with Gasteiger partial charge in [0.2, 0.25) is 41.4 Å². The second-order valence-corrected chi connectivity index (χ2v) is 12.1. The predicted octanol–water partition coefficient (Wildman–Crippen LogP) is -6.24. The van der Waals surface area contributed by atoms with Crippen LogP contribution >= 0.6 is 0 Å². The third-order valence-electron chi connectivity index (χ3n) is 7.46. The first kappa shape index (κ1) is 46.2. The van der Waals surface area contributed by atoms with Crippen molar-refractivity contribution in [1.29, 1.82) is 0 Å². The molecular weight excluding hydrogens is 714 g/mol. The predicted molar refractivity (Wildman–Crippen MR) is 191 cm³/mol. The van der Waals surface area contributed by atoms with E-state index >= 15 is 0 Å². The van der Waals surface area contributed by atoms with E-state index in [1.807, 2.05) is 6.07 Å². The van der Waals surface area contributed by atoms with Crippen LogP contribution in [0.4, 0.5) is 0 Å². The fourth-order valence-corrected chi connectivity index (χ4v) is 4.45. The number of aliphatic imine (C=N–C) groups is 1. The van der Waals surface area contributed by atoms with Gasteiger partial charge in [0, 0.05) is 6.54 Å². The maximum Gasteiger partial charge on any atom is 0.325 e. The van der Waals surface area contributed by atoms with Crippen molar-refractivity contribution in [1.82, 2.24) is 37.2 Å². The summed E-state index contributed by atoms with van der Waals surface area (Å²) < 4.78 is 0. The number of aliphatic hydroxyl groups is 2. The number of carboxylic acid groups (broad SMARTS) is 1. The molecule has 1 aromatic carbocycles. The Kier molecular flexibility index (Phi) is 20.2. The molecule has 0 fully saturated rings. The maximum absolute atomic E-state index is 13.2. The first-order valence-electron chi connectivity index (χ1n) is 16.8. The Morgan fingerprint density at radius 3 is 1.81 bits per heavy atom. The number of hydrogen-bond donors (Lipinski definition) is 13. The Morgan fingerprint density at radius 1 is 0.722 bits per heavy atom. The van der Waals surface area contributed by atoms with E-state index in [2.05, 4.69) is 42.2 Å². The largest absolute Gasteiger partial charge is 0.480 e. The van der Waals surface area contributed by atoms with E-state index in [1.54, 1.807) is 24.3 Å². The molecule has 0 aliphatic carbocycles. The van der Waals surface area contributed by atoms with Crippen LogP contribution < -0.4 is 54.4 Å². The highest BCUT2D eigenvalue weighted by molar-refractivity contribution is 5.96. The Labute approximate surface area is 310 Å². The maximum atomic E-state index is 13.2. The van der Waals surface area contributed by atoms with Gasteiger partial charge in [0.05, 0.1) is 31.8 Å². The second kappa shape index (κ2) is 23.6. The number of hydrogen-bond acceptors (Lipinski definition) is 12. The minimum absolute atomic E-state index is 0.0451. The van der Waals surface area contributed by atoms with Crippen molar-refractivity contribution < 1.29 is 53.7 Å². The molecule has 54 heavy (non-hydrogen) atoms. The molecule has 16 N–H and O–H groups in total. The lowest BCUT2D eigenvalue weighted by molar-refractivity contribution is -0.141. The van der Waals surface area contributed by atoms with Gasteiger partial charge in [-0.15, -0.1) is 0 Å². The number of aliphatic hydroxyl groups excluding tert-OH is 2. The van der Waals surface area contributed by atoms with Crippen LogP contribution in [0.15, 0.2) is 35.3 Å². The van der Waals surface area contributed by atoms with Gasteiger partial charge in [0.15, 0.2) is 5.96 Å². The molecule has 7 amide bonds. The molecule has 0 aromatic heterocycles. The number of rotatable bonds is 23. The van der Waals surface area contributed by atoms with Crippen LogP contribution in [0.2, 0.25) is 0 Å². The van der Waals surface area contributed by atoms with E-state index in [0.717, 1.165) is 12.5 Å². The normalized spacial score (nSPS) is 14.6. The van der Waals surface area contributed by atoms with Gasteiger partial charge in [-0.1, -0.05) is 30.3 Å². The fourth-order valence-electron chi connectivity index (χ4n) is 4.45. The Morgan fingerprint density at radius 2 is 1.28 bits per heavy atom. The van der Waals surface area contributed by atoms with Crippen molar-refractivity contribution in [3.63, 3.8) is 0 Å². The first-order valence-corrected chi connectivity index (χ1v) is 16.8. The molecule has 0 aliphatic rings. The fraction of sp³-hybridized carbons (Fsp3) is 0.531. The summed E-state index contributed by atoms with van der Waals surface area (Å²) in [4.78, 5) is 103. The van der Waals surface area contributed by atoms with Crippen molar-refractivity contribution in [3.05, 3.63) is 35.9 Å². The van der Waals surface area contributed by atoms with Gasteiger partial charge in [-0.05, 0) is 45.6 Å². The summed E-state index contributed by atoms with van der Waals surface area (Å²) in [5.74, 6) is -7.75. The number of guanidine groups is 1. The van der Waals surface area contributed by atoms with Crippen LogP contribution in [0, 0.1) is 0 Å². The third kappa shape index (κ3) is 17.6. The Hall–Kier alpha value is -5.87. The zero-order valence-corrected chi connectivity index (χ0v) is 30.2. The number of carboxylic acids is 1. The lowest BCUT2D eigenvalue weighted by Crippen LogP contribution is -2.61. The Bertz CT molecular complexity index is 1490. The molecule has 0 heterocycles. The molecule has 22 nitrogen and oxygen atoms in total. The number of carbonyl (C=O) groups excluding carboxylic acids is 7. The number of nitrogens with two attached hydrogens (primary N) is 3. The molecule has 22 heteroatoms. The SMILES string of the molecule is C[C@H](NC(=O)CNC(=O)[C@H](CCCN=C(N)N)NC(=O)[C@@H](NC(=O)[C@H](CO)NC(=O)[C@H](C)NC(=O)CNC(=O)[C@@H](N)Cc1ccccc1)[C@@H](C)O)C(=O)O. The molecule has 0 radical (unpaired) electrons. The molecule has 0 spiro atoms. The molecule has 1 aromatic rings. The van der Waals surface area contributed by atoms with E-state index < -0.39 is 109 Å². The molecule has 0 unspecified atom stereocenters. The molecule has 0 bridgehead atoms. The number of aliphatic carboxylic acids is 1. The summed E-state index contributed by atoms with van der Waals surface area (Å²) in [6.07, 6.45) is -1.30. The molecule has 300 valence electrons. The standard InChI is InChI=1S/C32H51N11O11/c1-16(39-23(46)13-37-27(49)20(33)12-19-8-5-4-6-9-19)26(48)42-22(15-44)29(51)43-25(18(3)45)30(52)41-21(10-7-11-36-32(34)35)28(50)38-14-24(47)40-17(2)31(53)54/h4-6,8-9,16-18,20-22,25,44-45H,7,10-15,33H2,1-3H3,(H,37,49)(H,38,50)(H,39,46)(H,40,47)(H,41,52)(H,42,48)(H,43,51)(H,53,54)(H4,34,35,36)/t16-,17-,18+,20-,21-,22-,25-/m0/s1. The van der Waals surface area contributed by atoms with E-state index in [0.29, 0.717) is 0 Å². The van der Waals surface area contributed by atoms with E-state index in [1.165, 1.54) is 13.8 Å². The van der Waals surface area contributed by atoms with Gasteiger partial charge < -0.3 is 69.7 Å². The van der Waals surface area contributed by atoms with Crippen molar-refractivity contribution in [2.24, 2.45) is 22.2 Å². The van der Waals surface area contributed by atoms with Crippen molar-refractivity contribution >= 4 is 53.3 Å². The van der Waals surface area contributed by atoms with Crippen LogP contribution in [0.3, 0.4) is 0 Å². The van der Waals surface area contributed by atoms with Crippen molar-refractivity contribution in [3.8, 4) is 0 Å². The topological polar surface area (TPSA) is 372 Å². The zero-order chi connectivity index (χ0) is 41.0. The van der Waals surface area contributed by atoms with Crippen LogP contribution in [0.25, 0.3) is 0 Å². The van der Waals surface area contributed by atoms with Gasteiger partial charge in [0.25, 0.3) is 0 Å². The summed E-state index contributed by atoms with van der Waals surface area (Å²) in [5.41, 5.74) is 17.3. The molecule has 0 saturated carbocycles. The van der Waals surface area contributed by atoms with Crippen molar-refractivity contribution in [2.75, 3.05) is 26.2 Å². The van der Waals surface area contributed by atoms with E-state index in [4.69, 9.17) is 22.3 Å². The molecule has 0 aliphatic heterocycles. The highest BCUT2D eigenvalue weighted by Gasteiger charge is 2.33. The van der Waals surface area contributed by atoms with Crippen LogP contribution in [0.1, 0.15) is 39.2 Å². The average Bonchev–Trinajstić information content (AvgIpc) is 3.11. The van der Waals surface area contributed by atoms with Gasteiger partial charge in [-0.2, -0.15) is 0 Å². The zero-order valence-electron chi connectivity index (χ0n) is 30.2. The number of amides is 7. The quantitative estimate of drug-likeness (QED) is 0.0280. The molecule has 0 saturated heterocycles. The van der Waals surface area contributed by atoms with Gasteiger partial charge in [-0.25, -0.2) is 0 Å². The smallest absolute Gasteiger partial charge is 0.325 e.